The molecule has 1 aliphatic rings. The minimum atomic E-state index is -0.961. The third-order valence-electron chi connectivity index (χ3n) is 1.73. The number of methoxy groups -OCH3 is 1. The van der Waals surface area contributed by atoms with Crippen LogP contribution in [0.3, 0.4) is 0 Å². The molecule has 4 nitrogen and oxygen atoms in total. The first-order valence-electron chi connectivity index (χ1n) is 3.36. The summed E-state index contributed by atoms with van der Waals surface area (Å²) in [6, 6.07) is 0. The topological polar surface area (TPSA) is 58.9 Å². The van der Waals surface area contributed by atoms with E-state index >= 15 is 0 Å². The molecule has 0 radical (unpaired) electrons. The summed E-state index contributed by atoms with van der Waals surface area (Å²) in [6.07, 6.45) is -3.00. The Morgan fingerprint density at radius 2 is 2.09 bits per heavy atom. The van der Waals surface area contributed by atoms with Gasteiger partial charge in [0.15, 0.2) is 6.29 Å². The van der Waals surface area contributed by atoms with Gasteiger partial charge >= 0.3 is 0 Å². The van der Waals surface area contributed by atoms with Crippen LogP contribution in [0.4, 0.5) is 0 Å². The molecule has 0 unspecified atom stereocenters. The second-order valence-electron chi connectivity index (χ2n) is 2.44. The minimum Gasteiger partial charge on any atom is -0.387 e. The smallest absolute Gasteiger partial charge is 0.186 e. The molecule has 1 aliphatic heterocycles. The number of aliphatic hydroxyl groups is 2. The quantitative estimate of drug-likeness (QED) is 0.478. The Labute approximate surface area is 70.5 Å². The molecule has 1 fully saturated rings. The normalized spacial score (nSPS) is 44.7. The van der Waals surface area contributed by atoms with Gasteiger partial charge in [0.05, 0.1) is 6.10 Å². The Kier molecular flexibility index (Phi) is 3.15. The number of hydrogen-bond acceptors (Lipinski definition) is 5. The van der Waals surface area contributed by atoms with Crippen molar-refractivity contribution in [3.05, 3.63) is 0 Å². The number of rotatable bonds is 2. The molecule has 11 heavy (non-hydrogen) atoms. The van der Waals surface area contributed by atoms with E-state index in [0.29, 0.717) is 5.75 Å². The molecular weight excluding hydrogens is 168 g/mol. The second kappa shape index (κ2) is 3.73. The second-order valence-corrected chi connectivity index (χ2v) is 2.81. The Bertz CT molecular complexity index is 114. The highest BCUT2D eigenvalue weighted by atomic mass is 32.1. The summed E-state index contributed by atoms with van der Waals surface area (Å²) in [5.74, 6) is 0.373. The lowest BCUT2D eigenvalue weighted by Crippen LogP contribution is -2.33. The van der Waals surface area contributed by atoms with Crippen LogP contribution < -0.4 is 0 Å². The Hall–Kier alpha value is 0.190. The number of ether oxygens (including phenoxy) is 2. The van der Waals surface area contributed by atoms with Crippen LogP contribution in [0.5, 0.6) is 0 Å². The van der Waals surface area contributed by atoms with E-state index in [1.807, 2.05) is 0 Å². The maximum atomic E-state index is 9.26. The van der Waals surface area contributed by atoms with Crippen LogP contribution in [0.2, 0.25) is 0 Å². The first-order chi connectivity index (χ1) is 5.20. The molecule has 0 aromatic heterocycles. The van der Waals surface area contributed by atoms with Gasteiger partial charge in [-0.3, -0.25) is 0 Å². The molecule has 0 bridgehead atoms. The molecule has 1 rings (SSSR count). The molecule has 5 heteroatoms. The van der Waals surface area contributed by atoms with Crippen molar-refractivity contribution in [1.82, 2.24) is 0 Å². The maximum absolute atomic E-state index is 9.26. The van der Waals surface area contributed by atoms with Gasteiger partial charge in [0, 0.05) is 12.9 Å². The zero-order valence-electron chi connectivity index (χ0n) is 6.17. The third kappa shape index (κ3) is 1.68. The van der Waals surface area contributed by atoms with Crippen molar-refractivity contribution < 1.29 is 19.7 Å². The molecule has 66 valence electrons. The zero-order chi connectivity index (χ0) is 8.43. The lowest BCUT2D eigenvalue weighted by molar-refractivity contribution is -0.145. The van der Waals surface area contributed by atoms with Gasteiger partial charge in [-0.15, -0.1) is 0 Å². The molecule has 4 atom stereocenters. The summed E-state index contributed by atoms with van der Waals surface area (Å²) >= 11 is 3.94. The van der Waals surface area contributed by atoms with Crippen molar-refractivity contribution in [1.29, 1.82) is 0 Å². The molecule has 0 aromatic rings. The van der Waals surface area contributed by atoms with Gasteiger partial charge < -0.3 is 19.7 Å². The molecular formula is C6H12O4S. The zero-order valence-corrected chi connectivity index (χ0v) is 7.07. The number of thiol groups is 1. The molecule has 0 spiro atoms. The Morgan fingerprint density at radius 1 is 1.45 bits per heavy atom. The van der Waals surface area contributed by atoms with Crippen LogP contribution in [-0.4, -0.2) is 47.7 Å². The van der Waals surface area contributed by atoms with E-state index in [1.165, 1.54) is 7.11 Å². The molecule has 1 heterocycles. The van der Waals surface area contributed by atoms with E-state index in [4.69, 9.17) is 9.47 Å². The van der Waals surface area contributed by atoms with Crippen LogP contribution in [0.15, 0.2) is 0 Å². The lowest BCUT2D eigenvalue weighted by Gasteiger charge is -2.11. The Morgan fingerprint density at radius 3 is 2.36 bits per heavy atom. The first kappa shape index (κ1) is 9.28. The summed E-state index contributed by atoms with van der Waals surface area (Å²) < 4.78 is 9.85. The fourth-order valence-electron chi connectivity index (χ4n) is 1.06. The van der Waals surface area contributed by atoms with Crippen LogP contribution in [0.1, 0.15) is 0 Å². The predicted octanol–water partition coefficient (Wildman–Crippen LogP) is -0.991. The predicted molar refractivity (Wildman–Crippen MR) is 41.5 cm³/mol. The van der Waals surface area contributed by atoms with Gasteiger partial charge in [-0.1, -0.05) is 0 Å². The van der Waals surface area contributed by atoms with E-state index in [1.54, 1.807) is 0 Å². The number of hydrogen-bond donors (Lipinski definition) is 3. The highest BCUT2D eigenvalue weighted by molar-refractivity contribution is 7.80. The fraction of sp³-hybridized carbons (Fsp3) is 1.00. The standard InChI is InChI=1S/C6H12O4S/c1-9-6-5(8)4(7)3(2-11)10-6/h3-8,11H,2H2,1H3/t3-,4-,5-,6-/m1/s1. The highest BCUT2D eigenvalue weighted by Gasteiger charge is 2.41. The van der Waals surface area contributed by atoms with E-state index in [0.717, 1.165) is 0 Å². The minimum absolute atomic E-state index is 0.373. The molecule has 0 saturated carbocycles. The molecule has 1 saturated heterocycles. The van der Waals surface area contributed by atoms with Crippen molar-refractivity contribution in [3.8, 4) is 0 Å². The molecule has 0 aliphatic carbocycles. The average molecular weight is 180 g/mol. The van der Waals surface area contributed by atoms with Crippen molar-refractivity contribution in [2.24, 2.45) is 0 Å². The van der Waals surface area contributed by atoms with Crippen molar-refractivity contribution in [3.63, 3.8) is 0 Å². The van der Waals surface area contributed by atoms with E-state index in [9.17, 15) is 10.2 Å². The van der Waals surface area contributed by atoms with Crippen molar-refractivity contribution >= 4 is 12.6 Å². The van der Waals surface area contributed by atoms with Crippen LogP contribution in [-0.2, 0) is 9.47 Å². The Balaban J connectivity index is 2.53. The van der Waals surface area contributed by atoms with Crippen LogP contribution in [0.25, 0.3) is 0 Å². The van der Waals surface area contributed by atoms with Crippen LogP contribution in [0, 0.1) is 0 Å². The van der Waals surface area contributed by atoms with Gasteiger partial charge in [-0.05, 0) is 0 Å². The third-order valence-corrected chi connectivity index (χ3v) is 2.09. The maximum Gasteiger partial charge on any atom is 0.186 e. The van der Waals surface area contributed by atoms with Gasteiger partial charge in [0.25, 0.3) is 0 Å². The van der Waals surface area contributed by atoms with Crippen LogP contribution >= 0.6 is 12.6 Å². The summed E-state index contributed by atoms with van der Waals surface area (Å²) in [6.45, 7) is 0. The van der Waals surface area contributed by atoms with Gasteiger partial charge in [-0.25, -0.2) is 0 Å². The van der Waals surface area contributed by atoms with E-state index < -0.39 is 24.6 Å². The van der Waals surface area contributed by atoms with E-state index in [2.05, 4.69) is 12.6 Å². The highest BCUT2D eigenvalue weighted by Crippen LogP contribution is 2.22. The lowest BCUT2D eigenvalue weighted by atomic mass is 10.2. The molecule has 2 N–H and O–H groups in total. The summed E-state index contributed by atoms with van der Waals surface area (Å²) in [5.41, 5.74) is 0. The number of aliphatic hydroxyl groups excluding tert-OH is 2. The van der Waals surface area contributed by atoms with Gasteiger partial charge in [0.1, 0.15) is 12.2 Å². The SMILES string of the molecule is CO[C@@H]1O[C@H](CS)[C@@H](O)[C@H]1O. The van der Waals surface area contributed by atoms with Gasteiger partial charge in [0.2, 0.25) is 0 Å². The summed E-state index contributed by atoms with van der Waals surface area (Å²) in [4.78, 5) is 0. The first-order valence-corrected chi connectivity index (χ1v) is 3.99. The summed E-state index contributed by atoms with van der Waals surface area (Å²) in [7, 11) is 1.42. The molecule has 0 amide bonds. The monoisotopic (exact) mass is 180 g/mol. The van der Waals surface area contributed by atoms with Gasteiger partial charge in [-0.2, -0.15) is 12.6 Å². The van der Waals surface area contributed by atoms with Crippen molar-refractivity contribution in [2.75, 3.05) is 12.9 Å². The van der Waals surface area contributed by atoms with Crippen molar-refractivity contribution in [2.45, 2.75) is 24.6 Å². The fourth-order valence-corrected chi connectivity index (χ4v) is 1.36. The summed E-state index contributed by atoms with van der Waals surface area (Å²) in [5, 5.41) is 18.5. The van der Waals surface area contributed by atoms with E-state index in [-0.39, 0.29) is 0 Å². The average Bonchev–Trinajstić information content (AvgIpc) is 2.30. The largest absolute Gasteiger partial charge is 0.387 e. The molecule has 0 aromatic carbocycles.